The lowest BCUT2D eigenvalue weighted by atomic mass is 10.1. The van der Waals surface area contributed by atoms with Gasteiger partial charge in [0.05, 0.1) is 25.6 Å². The summed E-state index contributed by atoms with van der Waals surface area (Å²) in [6.45, 7) is 9.07. The van der Waals surface area contributed by atoms with Gasteiger partial charge in [-0.2, -0.15) is 0 Å². The summed E-state index contributed by atoms with van der Waals surface area (Å²) in [7, 11) is -3.94. The number of unbranched alkanes of at least 4 members (excludes halogenated alkanes) is 3. The molecule has 13 nitrogen and oxygen atoms in total. The number of ether oxygens (including phenoxy) is 3. The number of nitrogen functional groups attached to an aromatic ring is 1. The van der Waals surface area contributed by atoms with E-state index in [2.05, 4.69) is 27.0 Å². The van der Waals surface area contributed by atoms with Crippen molar-refractivity contribution in [3.63, 3.8) is 0 Å². The fraction of sp³-hybridized carbons (Fsp3) is 0.741. The number of carbonyl (C=O) groups excluding carboxylic acids is 2. The molecular weight excluding hydrogens is 551 g/mol. The second-order valence-corrected chi connectivity index (χ2v) is 13.2. The highest BCUT2D eigenvalue weighted by molar-refractivity contribution is 7.56. The first-order valence-electron chi connectivity index (χ1n) is 14.4. The van der Waals surface area contributed by atoms with Gasteiger partial charge in [-0.25, -0.2) is 24.8 Å². The van der Waals surface area contributed by atoms with Crippen LogP contribution < -0.4 is 10.8 Å². The maximum Gasteiger partial charge on any atom is 0.335 e. The molecule has 0 bridgehead atoms. The van der Waals surface area contributed by atoms with Crippen molar-refractivity contribution in [2.75, 3.05) is 18.7 Å². The summed E-state index contributed by atoms with van der Waals surface area (Å²) >= 11 is 0. The van der Waals surface area contributed by atoms with Gasteiger partial charge in [0.25, 0.3) is 7.52 Å². The third kappa shape index (κ3) is 9.73. The molecule has 1 saturated carbocycles. The van der Waals surface area contributed by atoms with E-state index in [1.165, 1.54) is 13.3 Å². The van der Waals surface area contributed by atoms with Crippen LogP contribution in [0.2, 0.25) is 0 Å². The summed E-state index contributed by atoms with van der Waals surface area (Å²) in [5.41, 5.74) is 5.51. The number of anilines is 1. The Kier molecular flexibility index (Phi) is 12.1. The van der Waals surface area contributed by atoms with Crippen LogP contribution in [-0.4, -0.2) is 68.3 Å². The second-order valence-electron chi connectivity index (χ2n) is 11.1. The standard InChI is InChI=1S/C27H45N6O7P/c1-6-7-8-11-14-37-26(35)27(4,5)32-41(36,40-20(3)25(34)39-21-12-9-10-13-21)18-38-19(2)15-33-17-31-22-23(28)29-16-30-24(22)33/h16-17,19-21H,6-15,18H2,1-5H3,(H,32,36)(H2,28,29,30)/t19-,20+,41?/m1/s1. The first kappa shape index (κ1) is 32.9. The highest BCUT2D eigenvalue weighted by Gasteiger charge is 2.41. The van der Waals surface area contributed by atoms with E-state index in [0.29, 0.717) is 17.7 Å². The predicted molar refractivity (Wildman–Crippen MR) is 154 cm³/mol. The molecule has 0 amide bonds. The van der Waals surface area contributed by atoms with Crippen LogP contribution in [0, 0.1) is 0 Å². The summed E-state index contributed by atoms with van der Waals surface area (Å²) in [4.78, 5) is 38.1. The molecule has 2 aromatic heterocycles. The minimum atomic E-state index is -3.94. The number of hydrogen-bond acceptors (Lipinski definition) is 11. The summed E-state index contributed by atoms with van der Waals surface area (Å²) in [5.74, 6) is -0.915. The van der Waals surface area contributed by atoms with Crippen molar-refractivity contribution >= 4 is 36.4 Å². The van der Waals surface area contributed by atoms with Crippen LogP contribution in [0.25, 0.3) is 11.2 Å². The van der Waals surface area contributed by atoms with E-state index in [1.54, 1.807) is 31.7 Å². The minimum Gasteiger partial charge on any atom is -0.464 e. The topological polar surface area (TPSA) is 170 Å². The molecule has 0 saturated heterocycles. The van der Waals surface area contributed by atoms with E-state index in [1.807, 2.05) is 0 Å². The van der Waals surface area contributed by atoms with Crippen LogP contribution in [0.15, 0.2) is 12.7 Å². The molecular formula is C27H45N6O7P. The predicted octanol–water partition coefficient (Wildman–Crippen LogP) is 4.35. The van der Waals surface area contributed by atoms with Crippen LogP contribution in [0.5, 0.6) is 0 Å². The lowest BCUT2D eigenvalue weighted by molar-refractivity contribution is -0.156. The molecule has 230 valence electrons. The van der Waals surface area contributed by atoms with Gasteiger partial charge >= 0.3 is 11.9 Å². The van der Waals surface area contributed by atoms with Crippen LogP contribution in [0.4, 0.5) is 5.82 Å². The third-order valence-corrected chi connectivity index (χ3v) is 8.89. The van der Waals surface area contributed by atoms with Gasteiger partial charge in [0.1, 0.15) is 29.8 Å². The highest BCUT2D eigenvalue weighted by atomic mass is 31.2. The van der Waals surface area contributed by atoms with E-state index in [0.717, 1.165) is 51.4 Å². The maximum absolute atomic E-state index is 14.1. The monoisotopic (exact) mass is 596 g/mol. The fourth-order valence-corrected chi connectivity index (χ4v) is 6.76. The third-order valence-electron chi connectivity index (χ3n) is 6.85. The highest BCUT2D eigenvalue weighted by Crippen LogP contribution is 2.46. The largest absolute Gasteiger partial charge is 0.464 e. The second kappa shape index (κ2) is 15.0. The number of hydrogen-bond donors (Lipinski definition) is 2. The number of imidazole rings is 1. The van der Waals surface area contributed by atoms with Gasteiger partial charge in [0.15, 0.2) is 17.6 Å². The van der Waals surface area contributed by atoms with Crippen molar-refractivity contribution in [1.29, 1.82) is 0 Å². The van der Waals surface area contributed by atoms with Crippen molar-refractivity contribution in [1.82, 2.24) is 24.6 Å². The van der Waals surface area contributed by atoms with E-state index in [-0.39, 0.29) is 18.5 Å². The molecule has 1 fully saturated rings. The molecule has 0 aliphatic heterocycles. The number of rotatable bonds is 17. The van der Waals surface area contributed by atoms with Gasteiger partial charge in [0, 0.05) is 0 Å². The Bertz CT molecular complexity index is 1200. The van der Waals surface area contributed by atoms with Gasteiger partial charge < -0.3 is 29.0 Å². The molecule has 3 rings (SSSR count). The van der Waals surface area contributed by atoms with Crippen molar-refractivity contribution in [2.45, 2.75) is 116 Å². The summed E-state index contributed by atoms with van der Waals surface area (Å²) in [6.07, 6.45) is 8.14. The molecule has 1 aliphatic rings. The molecule has 0 aromatic carbocycles. The zero-order valence-electron chi connectivity index (χ0n) is 24.8. The Labute approximate surface area is 241 Å². The van der Waals surface area contributed by atoms with Crippen molar-refractivity contribution in [2.24, 2.45) is 0 Å². The molecule has 3 N–H and O–H groups in total. The fourth-order valence-electron chi connectivity index (χ4n) is 4.59. The van der Waals surface area contributed by atoms with Gasteiger partial charge in [0.2, 0.25) is 0 Å². The average molecular weight is 597 g/mol. The quantitative estimate of drug-likeness (QED) is 0.151. The minimum absolute atomic E-state index is 0.167. The number of fused-ring (bicyclic) bond motifs is 1. The molecule has 41 heavy (non-hydrogen) atoms. The average Bonchev–Trinajstić information content (AvgIpc) is 3.58. The lowest BCUT2D eigenvalue weighted by Crippen LogP contribution is -2.47. The Balaban J connectivity index is 1.67. The first-order chi connectivity index (χ1) is 19.4. The van der Waals surface area contributed by atoms with Crippen LogP contribution >= 0.6 is 7.52 Å². The van der Waals surface area contributed by atoms with Gasteiger partial charge in [-0.05, 0) is 59.8 Å². The molecule has 1 unspecified atom stereocenters. The normalized spacial score (nSPS) is 17.3. The Hall–Kier alpha value is -2.60. The summed E-state index contributed by atoms with van der Waals surface area (Å²) in [6, 6.07) is 0. The molecule has 2 heterocycles. The Morgan fingerprint density at radius 1 is 1.17 bits per heavy atom. The molecule has 14 heteroatoms. The number of nitrogens with two attached hydrogens (primary N) is 1. The van der Waals surface area contributed by atoms with Gasteiger partial charge in [-0.1, -0.05) is 26.2 Å². The van der Waals surface area contributed by atoms with Crippen molar-refractivity contribution in [3.8, 4) is 0 Å². The summed E-state index contributed by atoms with van der Waals surface area (Å²) in [5, 5.41) is 2.82. The number of esters is 2. The number of nitrogens with one attached hydrogen (secondary N) is 1. The zero-order valence-corrected chi connectivity index (χ0v) is 25.7. The van der Waals surface area contributed by atoms with Crippen LogP contribution in [-0.2, 0) is 39.4 Å². The van der Waals surface area contributed by atoms with Gasteiger partial charge in [-0.15, -0.1) is 0 Å². The van der Waals surface area contributed by atoms with Crippen LogP contribution in [0.3, 0.4) is 0 Å². The maximum atomic E-state index is 14.1. The van der Waals surface area contributed by atoms with E-state index in [9.17, 15) is 14.2 Å². The number of nitrogens with zero attached hydrogens (tertiary/aromatic N) is 4. The summed E-state index contributed by atoms with van der Waals surface area (Å²) < 4.78 is 38.6. The SMILES string of the molecule is CCCCCCOC(=O)C(C)(C)NP(=O)(CO[C@H](C)Cn1cnc2c(N)ncnc21)O[C@@H](C)C(=O)OC1CCCC1. The lowest BCUT2D eigenvalue weighted by Gasteiger charge is -2.31. The van der Waals surface area contributed by atoms with Crippen molar-refractivity contribution in [3.05, 3.63) is 12.7 Å². The van der Waals surface area contributed by atoms with E-state index >= 15 is 0 Å². The number of aromatic nitrogens is 4. The molecule has 1 aliphatic carbocycles. The van der Waals surface area contributed by atoms with Gasteiger partial charge in [-0.3, -0.25) is 9.36 Å². The van der Waals surface area contributed by atoms with Crippen LogP contribution in [0.1, 0.15) is 86.0 Å². The van der Waals surface area contributed by atoms with E-state index < -0.39 is 43.6 Å². The smallest absolute Gasteiger partial charge is 0.335 e. The van der Waals surface area contributed by atoms with Crippen molar-refractivity contribution < 1.29 is 32.9 Å². The molecule has 3 atom stereocenters. The zero-order chi connectivity index (χ0) is 30.0. The molecule has 0 radical (unpaired) electrons. The Morgan fingerprint density at radius 2 is 1.90 bits per heavy atom. The van der Waals surface area contributed by atoms with E-state index in [4.69, 9.17) is 24.5 Å². The Morgan fingerprint density at radius 3 is 2.61 bits per heavy atom. The number of carbonyl (C=O) groups is 2. The molecule has 0 spiro atoms. The molecule has 2 aromatic rings. The first-order valence-corrected chi connectivity index (χ1v) is 16.2.